The molecule has 0 amide bonds. The zero-order valence-corrected chi connectivity index (χ0v) is 11.0. The van der Waals surface area contributed by atoms with Gasteiger partial charge >= 0.3 is 6.18 Å². The van der Waals surface area contributed by atoms with Crippen LogP contribution in [-0.2, 0) is 12.6 Å². The predicted octanol–water partition coefficient (Wildman–Crippen LogP) is 3.66. The summed E-state index contributed by atoms with van der Waals surface area (Å²) in [7, 11) is 0. The maximum atomic E-state index is 12.3. The van der Waals surface area contributed by atoms with Crippen molar-refractivity contribution >= 4 is 27.8 Å². The summed E-state index contributed by atoms with van der Waals surface area (Å²) in [6, 6.07) is 3.95. The van der Waals surface area contributed by atoms with E-state index in [1.807, 2.05) is 24.4 Å². The molecule has 1 atom stereocenters. The fraction of sp³-hybridized carbons (Fsp3) is 0.400. The molecule has 0 saturated carbocycles. The minimum Gasteiger partial charge on any atom is -0.357 e. The zero-order valence-electron chi connectivity index (χ0n) is 9.36. The van der Waals surface area contributed by atoms with Crippen LogP contribution in [0.3, 0.4) is 0 Å². The highest BCUT2D eigenvalue weighted by Crippen LogP contribution is 2.33. The van der Waals surface area contributed by atoms with Gasteiger partial charge in [-0.1, -0.05) is 17.4 Å². The number of hydrogen-bond donors (Lipinski definition) is 1. The summed E-state index contributed by atoms with van der Waals surface area (Å²) in [4.78, 5) is 1.18. The minimum absolute atomic E-state index is 0.0117. The molecule has 0 bridgehead atoms. The Kier molecular flexibility index (Phi) is 3.86. The first-order valence-electron chi connectivity index (χ1n) is 5.15. The van der Waals surface area contributed by atoms with Crippen molar-refractivity contribution < 1.29 is 13.2 Å². The molecule has 1 N–H and O–H groups in total. The van der Waals surface area contributed by atoms with Gasteiger partial charge in [0.25, 0.3) is 0 Å². The average molecular weight is 293 g/mol. The zero-order chi connectivity index (χ0) is 13.2. The number of aromatic nitrogens is 2. The third-order valence-electron chi connectivity index (χ3n) is 2.12. The molecule has 0 aromatic carbocycles. The fourth-order valence-electron chi connectivity index (χ4n) is 1.39. The molecule has 98 valence electrons. The van der Waals surface area contributed by atoms with Gasteiger partial charge in [0.05, 0.1) is 0 Å². The third-order valence-corrected chi connectivity index (χ3v) is 3.92. The van der Waals surface area contributed by atoms with E-state index in [9.17, 15) is 13.2 Å². The van der Waals surface area contributed by atoms with Gasteiger partial charge < -0.3 is 5.32 Å². The number of halogens is 3. The van der Waals surface area contributed by atoms with Crippen LogP contribution in [-0.4, -0.2) is 16.2 Å². The van der Waals surface area contributed by atoms with E-state index in [0.717, 1.165) is 6.42 Å². The maximum absolute atomic E-state index is 12.3. The Labute approximate surface area is 110 Å². The second-order valence-electron chi connectivity index (χ2n) is 3.74. The summed E-state index contributed by atoms with van der Waals surface area (Å²) >= 11 is 2.14. The summed E-state index contributed by atoms with van der Waals surface area (Å²) in [6.45, 7) is 1.90. The van der Waals surface area contributed by atoms with Gasteiger partial charge in [0.1, 0.15) is 0 Å². The van der Waals surface area contributed by atoms with Gasteiger partial charge in [-0.05, 0) is 18.4 Å². The standard InChI is InChI=1S/C10H10F3N3S2/c1-6(5-7-3-2-4-17-7)14-9-16-15-8(18-9)10(11,12)13/h2-4,6H,5H2,1H3,(H,14,16). The van der Waals surface area contributed by atoms with Crippen molar-refractivity contribution in [2.75, 3.05) is 5.32 Å². The van der Waals surface area contributed by atoms with Crippen LogP contribution in [0.1, 0.15) is 16.8 Å². The van der Waals surface area contributed by atoms with Crippen molar-refractivity contribution in [1.29, 1.82) is 0 Å². The summed E-state index contributed by atoms with van der Waals surface area (Å²) in [5.41, 5.74) is 0. The molecule has 0 radical (unpaired) electrons. The molecule has 0 saturated heterocycles. The highest BCUT2D eigenvalue weighted by molar-refractivity contribution is 7.15. The second kappa shape index (κ2) is 5.23. The molecule has 2 heterocycles. The lowest BCUT2D eigenvalue weighted by Gasteiger charge is -2.10. The van der Waals surface area contributed by atoms with Crippen molar-refractivity contribution in [3.63, 3.8) is 0 Å². The first-order chi connectivity index (χ1) is 8.45. The second-order valence-corrected chi connectivity index (χ2v) is 5.75. The molecule has 2 aromatic heterocycles. The molecule has 1 unspecified atom stereocenters. The largest absolute Gasteiger partial charge is 0.445 e. The van der Waals surface area contributed by atoms with E-state index in [4.69, 9.17) is 0 Å². The van der Waals surface area contributed by atoms with E-state index in [1.165, 1.54) is 4.88 Å². The van der Waals surface area contributed by atoms with E-state index in [1.54, 1.807) is 11.3 Å². The molecule has 18 heavy (non-hydrogen) atoms. The van der Waals surface area contributed by atoms with Crippen LogP contribution >= 0.6 is 22.7 Å². The van der Waals surface area contributed by atoms with Gasteiger partial charge in [-0.3, -0.25) is 0 Å². The smallest absolute Gasteiger partial charge is 0.357 e. The van der Waals surface area contributed by atoms with Crippen LogP contribution in [0.2, 0.25) is 0 Å². The molecule has 0 fully saturated rings. The number of thiophene rings is 1. The van der Waals surface area contributed by atoms with Crippen molar-refractivity contribution in [2.45, 2.75) is 25.6 Å². The first-order valence-corrected chi connectivity index (χ1v) is 6.84. The Morgan fingerprint density at radius 3 is 2.72 bits per heavy atom. The average Bonchev–Trinajstić information content (AvgIpc) is 2.87. The lowest BCUT2D eigenvalue weighted by atomic mass is 10.2. The summed E-state index contributed by atoms with van der Waals surface area (Å²) in [5, 5.41) is 10.8. The van der Waals surface area contributed by atoms with E-state index in [-0.39, 0.29) is 11.2 Å². The Morgan fingerprint density at radius 1 is 1.39 bits per heavy atom. The third kappa shape index (κ3) is 3.42. The Hall–Kier alpha value is -1.15. The summed E-state index contributed by atoms with van der Waals surface area (Å²) in [5.74, 6) is 0. The topological polar surface area (TPSA) is 37.8 Å². The van der Waals surface area contributed by atoms with Crippen molar-refractivity contribution in [2.24, 2.45) is 0 Å². The van der Waals surface area contributed by atoms with E-state index < -0.39 is 11.2 Å². The Balaban J connectivity index is 1.95. The van der Waals surface area contributed by atoms with Crippen molar-refractivity contribution in [3.05, 3.63) is 27.4 Å². The van der Waals surface area contributed by atoms with Gasteiger partial charge in [-0.25, -0.2) is 0 Å². The molecule has 0 aliphatic heterocycles. The van der Waals surface area contributed by atoms with Crippen molar-refractivity contribution in [1.82, 2.24) is 10.2 Å². The molecule has 2 rings (SSSR count). The predicted molar refractivity (Wildman–Crippen MR) is 66.0 cm³/mol. The highest BCUT2D eigenvalue weighted by atomic mass is 32.1. The quantitative estimate of drug-likeness (QED) is 0.934. The van der Waals surface area contributed by atoms with Gasteiger partial charge in [-0.2, -0.15) is 13.2 Å². The van der Waals surface area contributed by atoms with Gasteiger partial charge in [0.2, 0.25) is 10.1 Å². The Bertz CT molecular complexity index is 493. The lowest BCUT2D eigenvalue weighted by Crippen LogP contribution is -2.17. The van der Waals surface area contributed by atoms with Gasteiger partial charge in [0, 0.05) is 17.3 Å². The number of anilines is 1. The number of alkyl halides is 3. The van der Waals surface area contributed by atoms with Gasteiger partial charge in [0.15, 0.2) is 0 Å². The summed E-state index contributed by atoms with van der Waals surface area (Å²) < 4.78 is 37.0. The highest BCUT2D eigenvalue weighted by Gasteiger charge is 2.35. The number of nitrogens with one attached hydrogen (secondary N) is 1. The monoisotopic (exact) mass is 293 g/mol. The fourth-order valence-corrected chi connectivity index (χ4v) is 2.95. The SMILES string of the molecule is CC(Cc1cccs1)Nc1nnc(C(F)(F)F)s1. The summed E-state index contributed by atoms with van der Waals surface area (Å²) in [6.07, 6.45) is -3.67. The van der Waals surface area contributed by atoms with E-state index in [2.05, 4.69) is 15.5 Å². The molecule has 0 spiro atoms. The lowest BCUT2D eigenvalue weighted by molar-refractivity contribution is -0.138. The maximum Gasteiger partial charge on any atom is 0.445 e. The van der Waals surface area contributed by atoms with E-state index >= 15 is 0 Å². The van der Waals surface area contributed by atoms with Crippen LogP contribution < -0.4 is 5.32 Å². The van der Waals surface area contributed by atoms with Crippen LogP contribution in [0.5, 0.6) is 0 Å². The van der Waals surface area contributed by atoms with E-state index in [0.29, 0.717) is 11.3 Å². The van der Waals surface area contributed by atoms with Crippen LogP contribution in [0.25, 0.3) is 0 Å². The normalized spacial score (nSPS) is 13.6. The van der Waals surface area contributed by atoms with Crippen LogP contribution in [0.15, 0.2) is 17.5 Å². The minimum atomic E-state index is -4.42. The molecular weight excluding hydrogens is 283 g/mol. The van der Waals surface area contributed by atoms with Gasteiger partial charge in [-0.15, -0.1) is 21.5 Å². The van der Waals surface area contributed by atoms with Crippen molar-refractivity contribution in [3.8, 4) is 0 Å². The number of nitrogens with zero attached hydrogens (tertiary/aromatic N) is 2. The van der Waals surface area contributed by atoms with Crippen LogP contribution in [0, 0.1) is 0 Å². The molecule has 0 aliphatic rings. The molecular formula is C10H10F3N3S2. The molecule has 8 heteroatoms. The molecule has 0 aliphatic carbocycles. The molecule has 3 nitrogen and oxygen atoms in total. The Morgan fingerprint density at radius 2 is 2.17 bits per heavy atom. The number of hydrogen-bond acceptors (Lipinski definition) is 5. The number of rotatable bonds is 4. The molecule has 2 aromatic rings. The van der Waals surface area contributed by atoms with Crippen LogP contribution in [0.4, 0.5) is 18.3 Å². The first kappa shape index (κ1) is 13.3.